The molecule has 3 N–H and O–H groups in total. The first kappa shape index (κ1) is 10.2. The summed E-state index contributed by atoms with van der Waals surface area (Å²) in [7, 11) is 1.83. The predicted octanol–water partition coefficient (Wildman–Crippen LogP) is 1.70. The average molecular weight is 216 g/mol. The van der Waals surface area contributed by atoms with Gasteiger partial charge in [0.2, 0.25) is 5.95 Å². The summed E-state index contributed by atoms with van der Waals surface area (Å²) in [4.78, 5) is 18.4. The maximum Gasteiger partial charge on any atom is 0.257 e. The molecule has 1 aromatic carbocycles. The average Bonchev–Trinajstić information content (AvgIpc) is 2.82. The lowest BCUT2D eigenvalue weighted by Crippen LogP contribution is -2.12. The lowest BCUT2D eigenvalue weighted by atomic mass is 10.2. The number of aromatic amines is 1. The first-order valence-corrected chi connectivity index (χ1v) is 4.88. The highest BCUT2D eigenvalue weighted by Crippen LogP contribution is 2.09. The van der Waals surface area contributed by atoms with E-state index >= 15 is 0 Å². The normalized spacial score (nSPS) is 9.81. The van der Waals surface area contributed by atoms with Gasteiger partial charge in [0.05, 0.1) is 0 Å². The number of carbonyl (C=O) groups excluding carboxylic acids is 1. The van der Waals surface area contributed by atoms with Crippen molar-refractivity contribution in [2.24, 2.45) is 0 Å². The van der Waals surface area contributed by atoms with Gasteiger partial charge < -0.3 is 10.3 Å². The van der Waals surface area contributed by atoms with Crippen molar-refractivity contribution in [1.29, 1.82) is 0 Å². The summed E-state index contributed by atoms with van der Waals surface area (Å²) in [6, 6.07) is 7.20. The van der Waals surface area contributed by atoms with Gasteiger partial charge in [-0.15, -0.1) is 0 Å². The Kier molecular flexibility index (Phi) is 2.86. The third-order valence-corrected chi connectivity index (χ3v) is 2.17. The summed E-state index contributed by atoms with van der Waals surface area (Å²) < 4.78 is 0. The van der Waals surface area contributed by atoms with Crippen LogP contribution in [0.25, 0.3) is 0 Å². The minimum absolute atomic E-state index is 0.183. The largest absolute Gasteiger partial charge is 0.388 e. The second-order valence-electron chi connectivity index (χ2n) is 3.22. The van der Waals surface area contributed by atoms with Crippen LogP contribution in [0.3, 0.4) is 0 Å². The maximum atomic E-state index is 11.7. The number of benzene rings is 1. The first-order chi connectivity index (χ1) is 7.79. The van der Waals surface area contributed by atoms with E-state index in [1.165, 1.54) is 0 Å². The van der Waals surface area contributed by atoms with Crippen LogP contribution in [0, 0.1) is 0 Å². The van der Waals surface area contributed by atoms with Gasteiger partial charge >= 0.3 is 0 Å². The fraction of sp³-hybridized carbons (Fsp3) is 0.0909. The number of carbonyl (C=O) groups is 1. The first-order valence-electron chi connectivity index (χ1n) is 4.88. The standard InChI is InChI=1S/C11H12N4O/c1-12-9-4-2-8(3-5-9)10(16)15-11-13-6-7-14-11/h2-7,12H,1H3,(H2,13,14,15,16). The van der Waals surface area contributed by atoms with Crippen LogP contribution in [-0.2, 0) is 0 Å². The fourth-order valence-corrected chi connectivity index (χ4v) is 1.30. The molecule has 2 rings (SSSR count). The van der Waals surface area contributed by atoms with E-state index in [0.29, 0.717) is 11.5 Å². The van der Waals surface area contributed by atoms with E-state index in [2.05, 4.69) is 20.6 Å². The highest BCUT2D eigenvalue weighted by Gasteiger charge is 2.06. The number of H-pyrrole nitrogens is 1. The smallest absolute Gasteiger partial charge is 0.257 e. The molecule has 0 unspecified atom stereocenters. The van der Waals surface area contributed by atoms with Crippen molar-refractivity contribution in [3.05, 3.63) is 42.2 Å². The third-order valence-electron chi connectivity index (χ3n) is 2.17. The van der Waals surface area contributed by atoms with Crippen LogP contribution in [-0.4, -0.2) is 22.9 Å². The Labute approximate surface area is 92.9 Å². The number of nitrogens with one attached hydrogen (secondary N) is 3. The second kappa shape index (κ2) is 4.48. The Morgan fingerprint density at radius 2 is 2.06 bits per heavy atom. The van der Waals surface area contributed by atoms with Crippen molar-refractivity contribution in [2.45, 2.75) is 0 Å². The molecule has 0 saturated carbocycles. The van der Waals surface area contributed by atoms with Crippen molar-refractivity contribution >= 4 is 17.5 Å². The summed E-state index contributed by atoms with van der Waals surface area (Å²) in [5, 5.41) is 5.64. The van der Waals surface area contributed by atoms with Gasteiger partial charge in [0, 0.05) is 30.7 Å². The number of amides is 1. The number of hydrogen-bond acceptors (Lipinski definition) is 3. The molecule has 16 heavy (non-hydrogen) atoms. The van der Waals surface area contributed by atoms with Crippen LogP contribution < -0.4 is 10.6 Å². The van der Waals surface area contributed by atoms with E-state index in [-0.39, 0.29) is 5.91 Å². The van der Waals surface area contributed by atoms with Crippen molar-refractivity contribution in [2.75, 3.05) is 17.7 Å². The molecule has 0 aliphatic heterocycles. The number of imidazole rings is 1. The molecule has 1 amide bonds. The molecule has 0 radical (unpaired) electrons. The van der Waals surface area contributed by atoms with Gasteiger partial charge in [-0.25, -0.2) is 4.98 Å². The zero-order valence-electron chi connectivity index (χ0n) is 8.82. The van der Waals surface area contributed by atoms with Gasteiger partial charge in [0.1, 0.15) is 0 Å². The molecule has 1 heterocycles. The van der Waals surface area contributed by atoms with Gasteiger partial charge in [-0.2, -0.15) is 0 Å². The fourth-order valence-electron chi connectivity index (χ4n) is 1.30. The number of rotatable bonds is 3. The van der Waals surface area contributed by atoms with E-state index in [1.807, 2.05) is 19.2 Å². The topological polar surface area (TPSA) is 69.8 Å². The molecule has 0 spiro atoms. The van der Waals surface area contributed by atoms with E-state index in [9.17, 15) is 4.79 Å². The van der Waals surface area contributed by atoms with Crippen LogP contribution in [0.2, 0.25) is 0 Å². The number of anilines is 2. The second-order valence-corrected chi connectivity index (χ2v) is 3.22. The summed E-state index contributed by atoms with van der Waals surface area (Å²) in [6.07, 6.45) is 3.24. The number of nitrogens with zero attached hydrogens (tertiary/aromatic N) is 1. The van der Waals surface area contributed by atoms with E-state index in [1.54, 1.807) is 24.5 Å². The van der Waals surface area contributed by atoms with Crippen LogP contribution >= 0.6 is 0 Å². The Hall–Kier alpha value is -2.30. The lowest BCUT2D eigenvalue weighted by Gasteiger charge is -2.03. The Bertz CT molecular complexity index is 461. The van der Waals surface area contributed by atoms with Gasteiger partial charge in [0.25, 0.3) is 5.91 Å². The molecule has 0 aliphatic carbocycles. The molecule has 82 valence electrons. The summed E-state index contributed by atoms with van der Waals surface area (Å²) in [5.41, 5.74) is 1.56. The van der Waals surface area contributed by atoms with Crippen molar-refractivity contribution < 1.29 is 4.79 Å². The third kappa shape index (κ3) is 2.20. The van der Waals surface area contributed by atoms with E-state index in [4.69, 9.17) is 0 Å². The van der Waals surface area contributed by atoms with Crippen molar-refractivity contribution in [1.82, 2.24) is 9.97 Å². The highest BCUT2D eigenvalue weighted by atomic mass is 16.1. The van der Waals surface area contributed by atoms with Crippen LogP contribution in [0.15, 0.2) is 36.7 Å². The minimum Gasteiger partial charge on any atom is -0.388 e. The molecular weight excluding hydrogens is 204 g/mol. The van der Waals surface area contributed by atoms with Crippen LogP contribution in [0.1, 0.15) is 10.4 Å². The zero-order chi connectivity index (χ0) is 11.4. The molecule has 0 saturated heterocycles. The molecule has 0 aliphatic rings. The molecular formula is C11H12N4O. The number of aromatic nitrogens is 2. The molecule has 0 atom stereocenters. The zero-order valence-corrected chi connectivity index (χ0v) is 8.82. The van der Waals surface area contributed by atoms with Crippen LogP contribution in [0.5, 0.6) is 0 Å². The Morgan fingerprint density at radius 3 is 2.62 bits per heavy atom. The monoisotopic (exact) mass is 216 g/mol. The number of hydrogen-bond donors (Lipinski definition) is 3. The maximum absolute atomic E-state index is 11.7. The lowest BCUT2D eigenvalue weighted by molar-refractivity contribution is 0.102. The summed E-state index contributed by atoms with van der Waals surface area (Å²) >= 11 is 0. The van der Waals surface area contributed by atoms with Crippen molar-refractivity contribution in [3.8, 4) is 0 Å². The quantitative estimate of drug-likeness (QED) is 0.731. The molecule has 0 fully saturated rings. The van der Waals surface area contributed by atoms with Gasteiger partial charge in [-0.1, -0.05) is 0 Å². The summed E-state index contributed by atoms with van der Waals surface area (Å²) in [6.45, 7) is 0. The predicted molar refractivity (Wildman–Crippen MR) is 62.5 cm³/mol. The van der Waals surface area contributed by atoms with Gasteiger partial charge in [-0.3, -0.25) is 10.1 Å². The SMILES string of the molecule is CNc1ccc(C(=O)Nc2ncc[nH]2)cc1. The molecule has 1 aromatic heterocycles. The highest BCUT2D eigenvalue weighted by molar-refractivity contribution is 6.03. The Morgan fingerprint density at radius 1 is 1.31 bits per heavy atom. The van der Waals surface area contributed by atoms with E-state index < -0.39 is 0 Å². The van der Waals surface area contributed by atoms with Crippen LogP contribution in [0.4, 0.5) is 11.6 Å². The molecule has 2 aromatic rings. The van der Waals surface area contributed by atoms with Crippen molar-refractivity contribution in [3.63, 3.8) is 0 Å². The molecule has 0 bridgehead atoms. The summed E-state index contributed by atoms with van der Waals surface area (Å²) in [5.74, 6) is 0.264. The minimum atomic E-state index is -0.183. The van der Waals surface area contributed by atoms with E-state index in [0.717, 1.165) is 5.69 Å². The Balaban J connectivity index is 2.09. The van der Waals surface area contributed by atoms with Gasteiger partial charge in [0.15, 0.2) is 0 Å². The van der Waals surface area contributed by atoms with Gasteiger partial charge in [-0.05, 0) is 24.3 Å². The molecule has 5 heteroatoms. The molecule has 5 nitrogen and oxygen atoms in total.